The maximum Gasteiger partial charge on any atom is 0.106 e. The van der Waals surface area contributed by atoms with E-state index < -0.39 is 0 Å². The fourth-order valence-corrected chi connectivity index (χ4v) is 2.30. The van der Waals surface area contributed by atoms with Crippen LogP contribution in [0.2, 0.25) is 0 Å². The van der Waals surface area contributed by atoms with Crippen LogP contribution >= 0.6 is 0 Å². The monoisotopic (exact) mass is 228 g/mol. The first kappa shape index (κ1) is 10.8. The third-order valence-electron chi connectivity index (χ3n) is 3.17. The average molecular weight is 228 g/mol. The van der Waals surface area contributed by atoms with Gasteiger partial charge in [-0.15, -0.1) is 0 Å². The predicted molar refractivity (Wildman–Crippen MR) is 66.8 cm³/mol. The molecule has 17 heavy (non-hydrogen) atoms. The molecule has 1 aromatic rings. The van der Waals surface area contributed by atoms with Crippen LogP contribution in [0.15, 0.2) is 54.6 Å². The Kier molecular flexibility index (Phi) is 3.08. The van der Waals surface area contributed by atoms with Crippen LogP contribution in [0.3, 0.4) is 0 Å². The lowest BCUT2D eigenvalue weighted by Gasteiger charge is -2.35. The van der Waals surface area contributed by atoms with Gasteiger partial charge in [0, 0.05) is 6.42 Å². The molecule has 0 radical (unpaired) electrons. The van der Waals surface area contributed by atoms with Gasteiger partial charge in [-0.25, -0.2) is 0 Å². The molecule has 3 unspecified atom stereocenters. The van der Waals surface area contributed by atoms with Crippen LogP contribution in [0.1, 0.15) is 5.56 Å². The lowest BCUT2D eigenvalue weighted by atomic mass is 10.0. The summed E-state index contributed by atoms with van der Waals surface area (Å²) in [6.45, 7) is 0.675. The fourth-order valence-electron chi connectivity index (χ4n) is 2.30. The zero-order valence-electron chi connectivity index (χ0n) is 9.66. The Hall–Kier alpha value is -1.38. The second kappa shape index (κ2) is 4.86. The summed E-state index contributed by atoms with van der Waals surface area (Å²) in [7, 11) is 0. The number of rotatable bonds is 2. The van der Waals surface area contributed by atoms with Crippen molar-refractivity contribution in [1.82, 2.24) is 0 Å². The fraction of sp³-hybridized carbons (Fsp3) is 0.333. The van der Waals surface area contributed by atoms with E-state index in [2.05, 4.69) is 36.4 Å². The minimum atomic E-state index is 0.0856. The summed E-state index contributed by atoms with van der Waals surface area (Å²) in [5.74, 6) is 0. The highest BCUT2D eigenvalue weighted by molar-refractivity contribution is 5.19. The highest BCUT2D eigenvalue weighted by Gasteiger charge is 2.29. The van der Waals surface area contributed by atoms with Crippen LogP contribution in [0.25, 0.3) is 0 Å². The van der Waals surface area contributed by atoms with E-state index in [4.69, 9.17) is 9.47 Å². The van der Waals surface area contributed by atoms with E-state index in [9.17, 15) is 0 Å². The van der Waals surface area contributed by atoms with Gasteiger partial charge >= 0.3 is 0 Å². The van der Waals surface area contributed by atoms with E-state index >= 15 is 0 Å². The molecular weight excluding hydrogens is 212 g/mol. The Morgan fingerprint density at radius 2 is 1.76 bits per heavy atom. The molecule has 2 heteroatoms. The maximum absolute atomic E-state index is 6.03. The summed E-state index contributed by atoms with van der Waals surface area (Å²) in [6.07, 6.45) is 9.44. The molecule has 2 nitrogen and oxygen atoms in total. The van der Waals surface area contributed by atoms with Gasteiger partial charge in [0.25, 0.3) is 0 Å². The van der Waals surface area contributed by atoms with E-state index in [-0.39, 0.29) is 18.3 Å². The molecule has 0 bridgehead atoms. The largest absolute Gasteiger partial charge is 0.368 e. The van der Waals surface area contributed by atoms with Gasteiger partial charge in [-0.1, -0.05) is 54.6 Å². The zero-order chi connectivity index (χ0) is 11.5. The molecule has 2 aliphatic rings. The van der Waals surface area contributed by atoms with E-state index in [1.165, 1.54) is 5.56 Å². The van der Waals surface area contributed by atoms with Crippen molar-refractivity contribution >= 4 is 0 Å². The molecule has 1 aliphatic carbocycles. The summed E-state index contributed by atoms with van der Waals surface area (Å²) in [5.41, 5.74) is 1.30. The number of allylic oxidation sites excluding steroid dienone is 2. The molecular formula is C15H16O2. The first-order chi connectivity index (χ1) is 8.42. The first-order valence-corrected chi connectivity index (χ1v) is 6.08. The van der Waals surface area contributed by atoms with Gasteiger partial charge in [0.05, 0.1) is 12.7 Å². The zero-order valence-corrected chi connectivity index (χ0v) is 9.66. The average Bonchev–Trinajstić information content (AvgIpc) is 2.40. The number of fused-ring (bicyclic) bond motifs is 1. The summed E-state index contributed by atoms with van der Waals surface area (Å²) >= 11 is 0. The molecule has 3 atom stereocenters. The standard InChI is InChI=1S/C15H16O2/c1-2-6-12(7-3-1)10-13-11-16-14-8-4-5-9-15(14)17-13/h1-9,13-15H,10-11H2. The highest BCUT2D eigenvalue weighted by atomic mass is 16.6. The molecule has 0 spiro atoms. The molecule has 88 valence electrons. The molecule has 1 fully saturated rings. The van der Waals surface area contributed by atoms with Crippen LogP contribution in [0.4, 0.5) is 0 Å². The van der Waals surface area contributed by atoms with E-state index in [1.54, 1.807) is 0 Å². The number of hydrogen-bond donors (Lipinski definition) is 0. The van der Waals surface area contributed by atoms with Gasteiger partial charge in [-0.3, -0.25) is 0 Å². The van der Waals surface area contributed by atoms with Crippen molar-refractivity contribution < 1.29 is 9.47 Å². The van der Waals surface area contributed by atoms with Gasteiger partial charge in [0.1, 0.15) is 12.2 Å². The van der Waals surface area contributed by atoms with E-state index in [1.807, 2.05) is 18.2 Å². The molecule has 3 rings (SSSR count). The molecule has 1 saturated heterocycles. The van der Waals surface area contributed by atoms with Crippen molar-refractivity contribution in [1.29, 1.82) is 0 Å². The van der Waals surface area contributed by atoms with Crippen LogP contribution in [-0.4, -0.2) is 24.9 Å². The number of hydrogen-bond acceptors (Lipinski definition) is 2. The molecule has 1 heterocycles. The Labute approximate surface area is 102 Å². The van der Waals surface area contributed by atoms with Crippen molar-refractivity contribution in [3.05, 3.63) is 60.2 Å². The smallest absolute Gasteiger partial charge is 0.106 e. The van der Waals surface area contributed by atoms with Crippen molar-refractivity contribution in [3.63, 3.8) is 0 Å². The lowest BCUT2D eigenvalue weighted by molar-refractivity contribution is -0.147. The van der Waals surface area contributed by atoms with Gasteiger partial charge in [0.15, 0.2) is 0 Å². The Morgan fingerprint density at radius 3 is 2.59 bits per heavy atom. The van der Waals surface area contributed by atoms with Crippen LogP contribution in [0.5, 0.6) is 0 Å². The second-order valence-electron chi connectivity index (χ2n) is 4.48. The molecule has 0 aromatic heterocycles. The molecule has 0 N–H and O–H groups in total. The first-order valence-electron chi connectivity index (χ1n) is 6.08. The predicted octanol–water partition coefficient (Wildman–Crippen LogP) is 2.51. The maximum atomic E-state index is 6.03. The SMILES string of the molecule is C1=CC2OCC(Cc3ccccc3)OC2C=C1. The van der Waals surface area contributed by atoms with Gasteiger partial charge in [0.2, 0.25) is 0 Å². The summed E-state index contributed by atoms with van der Waals surface area (Å²) in [5, 5.41) is 0. The normalized spacial score (nSPS) is 31.2. The lowest BCUT2D eigenvalue weighted by Crippen LogP contribution is -2.43. The quantitative estimate of drug-likeness (QED) is 0.774. The van der Waals surface area contributed by atoms with Crippen molar-refractivity contribution in [2.45, 2.75) is 24.7 Å². The molecule has 1 aliphatic heterocycles. The second-order valence-corrected chi connectivity index (χ2v) is 4.48. The van der Waals surface area contributed by atoms with Crippen LogP contribution in [-0.2, 0) is 15.9 Å². The summed E-state index contributed by atoms with van der Waals surface area (Å²) in [4.78, 5) is 0. The highest BCUT2D eigenvalue weighted by Crippen LogP contribution is 2.22. The van der Waals surface area contributed by atoms with Crippen LogP contribution in [0, 0.1) is 0 Å². The van der Waals surface area contributed by atoms with Crippen molar-refractivity contribution in [3.8, 4) is 0 Å². The number of benzene rings is 1. The van der Waals surface area contributed by atoms with E-state index in [0.717, 1.165) is 6.42 Å². The minimum absolute atomic E-state index is 0.0856. The van der Waals surface area contributed by atoms with Gasteiger partial charge < -0.3 is 9.47 Å². The Bertz CT molecular complexity index is 422. The molecule has 0 saturated carbocycles. The summed E-state index contributed by atoms with van der Waals surface area (Å²) in [6, 6.07) is 10.4. The summed E-state index contributed by atoms with van der Waals surface area (Å²) < 4.78 is 11.8. The van der Waals surface area contributed by atoms with Crippen LogP contribution < -0.4 is 0 Å². The topological polar surface area (TPSA) is 18.5 Å². The molecule has 1 aromatic carbocycles. The Balaban J connectivity index is 1.63. The van der Waals surface area contributed by atoms with Crippen molar-refractivity contribution in [2.24, 2.45) is 0 Å². The van der Waals surface area contributed by atoms with Crippen molar-refractivity contribution in [2.75, 3.05) is 6.61 Å². The minimum Gasteiger partial charge on any atom is -0.368 e. The number of ether oxygens (including phenoxy) is 2. The molecule has 0 amide bonds. The van der Waals surface area contributed by atoms with E-state index in [0.29, 0.717) is 6.61 Å². The third kappa shape index (κ3) is 2.48. The van der Waals surface area contributed by atoms with Gasteiger partial charge in [-0.05, 0) is 5.56 Å². The Morgan fingerprint density at radius 1 is 1.00 bits per heavy atom. The van der Waals surface area contributed by atoms with Gasteiger partial charge in [-0.2, -0.15) is 0 Å². The third-order valence-corrected chi connectivity index (χ3v) is 3.17.